The molecule has 0 saturated heterocycles. The predicted molar refractivity (Wildman–Crippen MR) is 86.2 cm³/mol. The molecule has 22 heavy (non-hydrogen) atoms. The van der Waals surface area contributed by atoms with Crippen molar-refractivity contribution in [1.29, 1.82) is 0 Å². The van der Waals surface area contributed by atoms with E-state index in [1.54, 1.807) is 12.4 Å². The third-order valence-electron chi connectivity index (χ3n) is 2.85. The molecule has 0 amide bonds. The number of hydrogen-bond donors (Lipinski definition) is 0. The summed E-state index contributed by atoms with van der Waals surface area (Å²) in [6.07, 6.45) is 3.39. The Morgan fingerprint density at radius 1 is 0.591 bits per heavy atom. The van der Waals surface area contributed by atoms with E-state index < -0.39 is 0 Å². The van der Waals surface area contributed by atoms with Crippen LogP contribution in [-0.2, 0) is 4.79 Å². The average molecular weight is 290 g/mol. The maximum absolute atomic E-state index is 8.00. The van der Waals surface area contributed by atoms with E-state index in [1.807, 2.05) is 67.5 Å². The van der Waals surface area contributed by atoms with Crippen molar-refractivity contribution in [2.75, 3.05) is 0 Å². The lowest BCUT2D eigenvalue weighted by Gasteiger charge is -1.90. The Morgan fingerprint density at radius 2 is 1.00 bits per heavy atom. The molecule has 0 unspecified atom stereocenters. The van der Waals surface area contributed by atoms with Crippen LogP contribution in [-0.4, -0.2) is 27.2 Å². The third-order valence-corrected chi connectivity index (χ3v) is 2.85. The van der Waals surface area contributed by atoms with E-state index in [-0.39, 0.29) is 0 Å². The van der Waals surface area contributed by atoms with Gasteiger partial charge in [-0.3, -0.25) is 0 Å². The molecule has 2 heterocycles. The molecule has 0 spiro atoms. The number of carbonyl (C=O) groups excluding carboxylic acids is 1. The summed E-state index contributed by atoms with van der Waals surface area (Å²) in [4.78, 5) is 8.00. The molecule has 2 aromatic carbocycles. The lowest BCUT2D eigenvalue weighted by molar-refractivity contribution is -0.0979. The van der Waals surface area contributed by atoms with Gasteiger partial charge in [0.2, 0.25) is 0 Å². The van der Waals surface area contributed by atoms with Crippen LogP contribution in [0.3, 0.4) is 0 Å². The van der Waals surface area contributed by atoms with Gasteiger partial charge in [-0.1, -0.05) is 36.4 Å². The fourth-order valence-electron chi connectivity index (χ4n) is 1.86. The van der Waals surface area contributed by atoms with Gasteiger partial charge in [-0.25, -0.2) is 0 Å². The fourth-order valence-corrected chi connectivity index (χ4v) is 1.86. The molecule has 0 radical (unpaired) electrons. The third kappa shape index (κ3) is 3.89. The monoisotopic (exact) mass is 290 g/mol. The molecule has 4 rings (SSSR count). The SMILES string of the molecule is C=O.c1ccc2nnccc2c1.c1ccc2nnccc2c1. The van der Waals surface area contributed by atoms with Gasteiger partial charge < -0.3 is 4.79 Å². The summed E-state index contributed by atoms with van der Waals surface area (Å²) < 4.78 is 0. The van der Waals surface area contributed by atoms with Crippen LogP contribution in [0.5, 0.6) is 0 Å². The second kappa shape index (κ2) is 8.16. The Balaban J connectivity index is 0.000000144. The van der Waals surface area contributed by atoms with Gasteiger partial charge in [0.15, 0.2) is 0 Å². The summed E-state index contributed by atoms with van der Waals surface area (Å²) in [5.41, 5.74) is 1.90. The maximum Gasteiger partial charge on any atom is 0.106 e. The van der Waals surface area contributed by atoms with Gasteiger partial charge in [0.1, 0.15) is 6.79 Å². The molecule has 5 heteroatoms. The van der Waals surface area contributed by atoms with Gasteiger partial charge in [0.25, 0.3) is 0 Å². The van der Waals surface area contributed by atoms with Gasteiger partial charge in [0, 0.05) is 10.8 Å². The number of aromatic nitrogens is 4. The second-order valence-corrected chi connectivity index (χ2v) is 4.18. The largest absolute Gasteiger partial charge is 0.307 e. The first kappa shape index (κ1) is 15.2. The van der Waals surface area contributed by atoms with Crippen LogP contribution in [0.15, 0.2) is 73.1 Å². The van der Waals surface area contributed by atoms with Crippen molar-refractivity contribution in [3.05, 3.63) is 73.1 Å². The van der Waals surface area contributed by atoms with Gasteiger partial charge in [-0.2, -0.15) is 20.4 Å². The number of carbonyl (C=O) groups is 1. The van der Waals surface area contributed by atoms with Gasteiger partial charge in [-0.15, -0.1) is 0 Å². The molecule has 0 atom stereocenters. The first-order valence-corrected chi connectivity index (χ1v) is 6.55. The number of hydrogen-bond acceptors (Lipinski definition) is 5. The van der Waals surface area contributed by atoms with E-state index in [1.165, 1.54) is 0 Å². The predicted octanol–water partition coefficient (Wildman–Crippen LogP) is 3.07. The summed E-state index contributed by atoms with van der Waals surface area (Å²) in [5, 5.41) is 17.7. The minimum atomic E-state index is 0.949. The van der Waals surface area contributed by atoms with Crippen molar-refractivity contribution in [1.82, 2.24) is 20.4 Å². The summed E-state index contributed by atoms with van der Waals surface area (Å²) in [7, 11) is 0. The molecule has 2 aromatic heterocycles. The smallest absolute Gasteiger partial charge is 0.106 e. The first-order chi connectivity index (χ1) is 10.9. The topological polar surface area (TPSA) is 68.6 Å². The van der Waals surface area contributed by atoms with E-state index in [9.17, 15) is 0 Å². The van der Waals surface area contributed by atoms with Crippen molar-refractivity contribution < 1.29 is 4.79 Å². The quantitative estimate of drug-likeness (QED) is 0.498. The van der Waals surface area contributed by atoms with Crippen LogP contribution in [0, 0.1) is 0 Å². The van der Waals surface area contributed by atoms with Crippen LogP contribution in [0.2, 0.25) is 0 Å². The summed E-state index contributed by atoms with van der Waals surface area (Å²) in [6, 6.07) is 19.7. The minimum absolute atomic E-state index is 0.949. The first-order valence-electron chi connectivity index (χ1n) is 6.55. The number of benzene rings is 2. The zero-order valence-corrected chi connectivity index (χ0v) is 11.8. The molecule has 0 aliphatic carbocycles. The molecular weight excluding hydrogens is 276 g/mol. The van der Waals surface area contributed by atoms with Crippen molar-refractivity contribution in [2.45, 2.75) is 0 Å². The summed E-state index contributed by atoms with van der Waals surface area (Å²) in [5.74, 6) is 0. The molecule has 0 saturated carbocycles. The Hall–Kier alpha value is -3.21. The Labute approximate surface area is 127 Å². The van der Waals surface area contributed by atoms with E-state index in [2.05, 4.69) is 20.4 Å². The van der Waals surface area contributed by atoms with Gasteiger partial charge >= 0.3 is 0 Å². The Morgan fingerprint density at radius 3 is 1.41 bits per heavy atom. The number of fused-ring (bicyclic) bond motifs is 2. The lowest BCUT2D eigenvalue weighted by Crippen LogP contribution is -1.79. The standard InChI is InChI=1S/2C8H6N2.CH2O/c2*1-2-4-8-7(3-1)5-6-9-10-8;1-2/h2*1-6H;1H2. The van der Waals surface area contributed by atoms with E-state index in [0.717, 1.165) is 21.8 Å². The second-order valence-electron chi connectivity index (χ2n) is 4.18. The Bertz CT molecular complexity index is 649. The fraction of sp³-hybridized carbons (Fsp3) is 0. The van der Waals surface area contributed by atoms with Crippen molar-refractivity contribution in [2.24, 2.45) is 0 Å². The van der Waals surface area contributed by atoms with Crippen LogP contribution >= 0.6 is 0 Å². The maximum atomic E-state index is 8.00. The average Bonchev–Trinajstić information content (AvgIpc) is 2.64. The van der Waals surface area contributed by atoms with Gasteiger partial charge in [-0.05, 0) is 24.3 Å². The van der Waals surface area contributed by atoms with Crippen molar-refractivity contribution in [3.8, 4) is 0 Å². The summed E-state index contributed by atoms with van der Waals surface area (Å²) in [6.45, 7) is 2.00. The number of nitrogens with zero attached hydrogens (tertiary/aromatic N) is 4. The Kier molecular flexibility index (Phi) is 5.63. The highest BCUT2D eigenvalue weighted by atomic mass is 16.1. The molecule has 0 fully saturated rings. The van der Waals surface area contributed by atoms with E-state index in [0.29, 0.717) is 0 Å². The minimum Gasteiger partial charge on any atom is -0.307 e. The van der Waals surface area contributed by atoms with Crippen LogP contribution in [0.1, 0.15) is 0 Å². The molecule has 0 N–H and O–H groups in total. The lowest BCUT2D eigenvalue weighted by atomic mass is 10.2. The highest BCUT2D eigenvalue weighted by Gasteiger charge is 1.88. The molecule has 0 aliphatic rings. The molecule has 0 bridgehead atoms. The normalized spacial score (nSPS) is 9.27. The highest BCUT2D eigenvalue weighted by Crippen LogP contribution is 2.07. The van der Waals surface area contributed by atoms with Crippen molar-refractivity contribution >= 4 is 28.6 Å². The van der Waals surface area contributed by atoms with E-state index in [4.69, 9.17) is 4.79 Å². The van der Waals surface area contributed by atoms with Crippen LogP contribution in [0.4, 0.5) is 0 Å². The number of rotatable bonds is 0. The van der Waals surface area contributed by atoms with Crippen LogP contribution < -0.4 is 0 Å². The molecule has 108 valence electrons. The molecule has 4 aromatic rings. The van der Waals surface area contributed by atoms with Gasteiger partial charge in [0.05, 0.1) is 23.4 Å². The molecular formula is C17H14N4O. The van der Waals surface area contributed by atoms with E-state index >= 15 is 0 Å². The molecule has 0 aliphatic heterocycles. The van der Waals surface area contributed by atoms with Crippen molar-refractivity contribution in [3.63, 3.8) is 0 Å². The zero-order valence-electron chi connectivity index (χ0n) is 11.8. The highest BCUT2D eigenvalue weighted by molar-refractivity contribution is 5.77. The molecule has 5 nitrogen and oxygen atoms in total. The summed E-state index contributed by atoms with van der Waals surface area (Å²) >= 11 is 0. The zero-order chi connectivity index (χ0) is 15.6. The van der Waals surface area contributed by atoms with Crippen LogP contribution in [0.25, 0.3) is 21.8 Å².